The Kier molecular flexibility index (Phi) is 7.94. The number of nitrogens with zero attached hydrogens (tertiary/aromatic N) is 1. The van der Waals surface area contributed by atoms with Crippen molar-refractivity contribution in [1.29, 1.82) is 0 Å². The fraction of sp³-hybridized carbons (Fsp3) is 0.400. The standard InChI is InChI=1S/C15H20ClN3O3S/c1-3-4-12(16)9-22-19(15(17)23)14(21)11-5-7-13(8-6-11)18-10(2)20/h5-8,12H,3-4,9H2,1-2H3,(H2,17,23)(H,18,20). The quantitative estimate of drug-likeness (QED) is 0.445. The lowest BCUT2D eigenvalue weighted by Crippen LogP contribution is -2.41. The van der Waals surface area contributed by atoms with Crippen molar-refractivity contribution in [1.82, 2.24) is 5.06 Å². The summed E-state index contributed by atoms with van der Waals surface area (Å²) in [6.07, 6.45) is 1.66. The molecule has 2 amide bonds. The molecule has 0 radical (unpaired) electrons. The van der Waals surface area contributed by atoms with Crippen molar-refractivity contribution in [2.45, 2.75) is 32.1 Å². The summed E-state index contributed by atoms with van der Waals surface area (Å²) >= 11 is 10.9. The number of anilines is 1. The average molecular weight is 358 g/mol. The zero-order valence-corrected chi connectivity index (χ0v) is 14.6. The Bertz CT molecular complexity index is 566. The number of thiocarbonyl (C=S) groups is 1. The lowest BCUT2D eigenvalue weighted by Gasteiger charge is -2.21. The number of amides is 2. The summed E-state index contributed by atoms with van der Waals surface area (Å²) in [6.45, 7) is 3.53. The highest BCUT2D eigenvalue weighted by molar-refractivity contribution is 7.80. The molecule has 0 bridgehead atoms. The van der Waals surface area contributed by atoms with Gasteiger partial charge in [-0.15, -0.1) is 11.6 Å². The number of hydrogen-bond donors (Lipinski definition) is 2. The van der Waals surface area contributed by atoms with Crippen LogP contribution < -0.4 is 11.1 Å². The fourth-order valence-corrected chi connectivity index (χ4v) is 2.20. The van der Waals surface area contributed by atoms with Crippen LogP contribution in [0.4, 0.5) is 5.69 Å². The van der Waals surface area contributed by atoms with Gasteiger partial charge >= 0.3 is 0 Å². The van der Waals surface area contributed by atoms with E-state index in [1.165, 1.54) is 6.92 Å². The smallest absolute Gasteiger partial charge is 0.284 e. The summed E-state index contributed by atoms with van der Waals surface area (Å²) in [4.78, 5) is 28.7. The van der Waals surface area contributed by atoms with Crippen LogP contribution in [0.15, 0.2) is 24.3 Å². The Hall–Kier alpha value is -1.70. The van der Waals surface area contributed by atoms with Gasteiger partial charge < -0.3 is 11.1 Å². The van der Waals surface area contributed by atoms with E-state index in [9.17, 15) is 9.59 Å². The molecule has 1 rings (SSSR count). The summed E-state index contributed by atoms with van der Waals surface area (Å²) < 4.78 is 0. The van der Waals surface area contributed by atoms with Crippen LogP contribution in [0.25, 0.3) is 0 Å². The van der Waals surface area contributed by atoms with E-state index in [1.807, 2.05) is 6.92 Å². The molecule has 0 saturated heterocycles. The summed E-state index contributed by atoms with van der Waals surface area (Å²) in [5.41, 5.74) is 6.45. The molecular weight excluding hydrogens is 338 g/mol. The third kappa shape index (κ3) is 6.52. The lowest BCUT2D eigenvalue weighted by atomic mass is 10.2. The van der Waals surface area contributed by atoms with E-state index >= 15 is 0 Å². The Balaban J connectivity index is 2.77. The summed E-state index contributed by atoms with van der Waals surface area (Å²) in [5, 5.41) is 3.05. The van der Waals surface area contributed by atoms with Crippen molar-refractivity contribution in [2.75, 3.05) is 11.9 Å². The third-order valence-electron chi connectivity index (χ3n) is 2.82. The average Bonchev–Trinajstić information content (AvgIpc) is 2.47. The number of hydrogen-bond acceptors (Lipinski definition) is 4. The van der Waals surface area contributed by atoms with E-state index in [0.717, 1.165) is 17.9 Å². The molecule has 3 N–H and O–H groups in total. The molecule has 0 fully saturated rings. The van der Waals surface area contributed by atoms with Gasteiger partial charge in [-0.05, 0) is 42.9 Å². The van der Waals surface area contributed by atoms with Gasteiger partial charge in [-0.25, -0.2) is 0 Å². The fourth-order valence-electron chi connectivity index (χ4n) is 1.79. The molecule has 0 aliphatic rings. The van der Waals surface area contributed by atoms with Gasteiger partial charge in [0.2, 0.25) is 5.91 Å². The van der Waals surface area contributed by atoms with Crippen LogP contribution in [-0.4, -0.2) is 34.0 Å². The predicted molar refractivity (Wildman–Crippen MR) is 94.2 cm³/mol. The van der Waals surface area contributed by atoms with Gasteiger partial charge in [0.1, 0.15) is 0 Å². The summed E-state index contributed by atoms with van der Waals surface area (Å²) in [7, 11) is 0. The van der Waals surface area contributed by atoms with Gasteiger partial charge in [-0.2, -0.15) is 5.06 Å². The molecule has 0 spiro atoms. The summed E-state index contributed by atoms with van der Waals surface area (Å²) in [6, 6.07) is 6.31. The Morgan fingerprint density at radius 2 is 2.00 bits per heavy atom. The Morgan fingerprint density at radius 1 is 1.39 bits per heavy atom. The maximum absolute atomic E-state index is 12.4. The van der Waals surface area contributed by atoms with Crippen molar-refractivity contribution < 1.29 is 14.4 Å². The highest BCUT2D eigenvalue weighted by atomic mass is 35.5. The monoisotopic (exact) mass is 357 g/mol. The first-order chi connectivity index (χ1) is 10.8. The number of carbonyl (C=O) groups is 2. The molecule has 0 aromatic heterocycles. The minimum atomic E-state index is -0.493. The van der Waals surface area contributed by atoms with Crippen molar-refractivity contribution in [3.8, 4) is 0 Å². The van der Waals surface area contributed by atoms with Crippen LogP contribution in [0, 0.1) is 0 Å². The number of hydroxylamine groups is 2. The first-order valence-corrected chi connectivity index (χ1v) is 7.98. The topological polar surface area (TPSA) is 84.7 Å². The van der Waals surface area contributed by atoms with E-state index < -0.39 is 5.91 Å². The van der Waals surface area contributed by atoms with Crippen LogP contribution >= 0.6 is 23.8 Å². The third-order valence-corrected chi connectivity index (χ3v) is 3.33. The van der Waals surface area contributed by atoms with Gasteiger partial charge in [0.15, 0.2) is 5.11 Å². The van der Waals surface area contributed by atoms with E-state index in [-0.39, 0.29) is 23.0 Å². The first kappa shape index (κ1) is 19.3. The molecule has 0 heterocycles. The van der Waals surface area contributed by atoms with Gasteiger partial charge in [0.25, 0.3) is 5.91 Å². The number of nitrogens with one attached hydrogen (secondary N) is 1. The minimum absolute atomic E-state index is 0.127. The Labute approximate surface area is 145 Å². The maximum Gasteiger partial charge on any atom is 0.284 e. The van der Waals surface area contributed by atoms with E-state index in [4.69, 9.17) is 34.4 Å². The van der Waals surface area contributed by atoms with Crippen molar-refractivity contribution in [3.63, 3.8) is 0 Å². The molecule has 0 aliphatic heterocycles. The number of nitrogens with two attached hydrogens (primary N) is 1. The molecular formula is C15H20ClN3O3S. The van der Waals surface area contributed by atoms with Crippen LogP contribution in [0.3, 0.4) is 0 Å². The normalized spacial score (nSPS) is 11.6. The number of carbonyl (C=O) groups excluding carboxylic acids is 2. The number of rotatable bonds is 7. The van der Waals surface area contributed by atoms with Crippen LogP contribution in [0.5, 0.6) is 0 Å². The number of alkyl halides is 1. The van der Waals surface area contributed by atoms with Crippen molar-refractivity contribution in [3.05, 3.63) is 29.8 Å². The first-order valence-electron chi connectivity index (χ1n) is 7.13. The molecule has 126 valence electrons. The molecule has 1 unspecified atom stereocenters. The zero-order valence-electron chi connectivity index (χ0n) is 13.0. The minimum Gasteiger partial charge on any atom is -0.374 e. The van der Waals surface area contributed by atoms with Crippen LogP contribution in [0.1, 0.15) is 37.0 Å². The predicted octanol–water partition coefficient (Wildman–Crippen LogP) is 2.67. The number of halogens is 1. The maximum atomic E-state index is 12.4. The van der Waals surface area contributed by atoms with E-state index in [2.05, 4.69) is 5.32 Å². The second-order valence-electron chi connectivity index (χ2n) is 4.88. The van der Waals surface area contributed by atoms with E-state index in [1.54, 1.807) is 24.3 Å². The largest absolute Gasteiger partial charge is 0.374 e. The molecule has 1 aromatic carbocycles. The second kappa shape index (κ2) is 9.44. The molecule has 6 nitrogen and oxygen atoms in total. The highest BCUT2D eigenvalue weighted by Gasteiger charge is 2.20. The highest BCUT2D eigenvalue weighted by Crippen LogP contribution is 2.13. The SMILES string of the molecule is CCCC(Cl)CON(C(=O)c1ccc(NC(C)=O)cc1)C(N)=S. The van der Waals surface area contributed by atoms with Gasteiger partial charge in [-0.1, -0.05) is 13.3 Å². The van der Waals surface area contributed by atoms with Gasteiger partial charge in [0, 0.05) is 18.2 Å². The second-order valence-corrected chi connectivity index (χ2v) is 5.91. The summed E-state index contributed by atoms with van der Waals surface area (Å²) in [5.74, 6) is -0.687. The Morgan fingerprint density at radius 3 is 2.48 bits per heavy atom. The molecule has 8 heteroatoms. The number of benzene rings is 1. The molecule has 0 saturated carbocycles. The van der Waals surface area contributed by atoms with Crippen molar-refractivity contribution >= 4 is 46.4 Å². The van der Waals surface area contributed by atoms with Crippen LogP contribution in [0.2, 0.25) is 0 Å². The van der Waals surface area contributed by atoms with Crippen molar-refractivity contribution in [2.24, 2.45) is 5.73 Å². The van der Waals surface area contributed by atoms with E-state index in [0.29, 0.717) is 11.3 Å². The van der Waals surface area contributed by atoms with Gasteiger partial charge in [-0.3, -0.25) is 14.4 Å². The lowest BCUT2D eigenvalue weighted by molar-refractivity contribution is -0.114. The zero-order chi connectivity index (χ0) is 17.4. The molecule has 23 heavy (non-hydrogen) atoms. The van der Waals surface area contributed by atoms with Crippen LogP contribution in [-0.2, 0) is 9.63 Å². The molecule has 0 aliphatic carbocycles. The van der Waals surface area contributed by atoms with Gasteiger partial charge in [0.05, 0.1) is 12.0 Å². The molecule has 1 aromatic rings. The molecule has 1 atom stereocenters.